The number of amides is 1. The number of thiocarbonyl (C=S) groups is 1. The summed E-state index contributed by atoms with van der Waals surface area (Å²) in [5.74, 6) is 1.43. The van der Waals surface area contributed by atoms with Crippen LogP contribution >= 0.6 is 24.0 Å². The van der Waals surface area contributed by atoms with Crippen molar-refractivity contribution in [2.45, 2.75) is 13.8 Å². The van der Waals surface area contributed by atoms with E-state index in [0.717, 1.165) is 22.4 Å². The molecule has 0 spiro atoms. The lowest BCUT2D eigenvalue weighted by atomic mass is 10.1. The minimum Gasteiger partial charge on any atom is -0.489 e. The third-order valence-electron chi connectivity index (χ3n) is 3.84. The second-order valence-corrected chi connectivity index (χ2v) is 7.53. The Kier molecular flexibility index (Phi) is 5.96. The number of carbonyl (C=O) groups is 1. The normalized spacial score (nSPS) is 15.2. The van der Waals surface area contributed by atoms with Gasteiger partial charge >= 0.3 is 0 Å². The van der Waals surface area contributed by atoms with Crippen LogP contribution in [-0.2, 0) is 4.79 Å². The molecule has 0 unspecified atom stereocenters. The van der Waals surface area contributed by atoms with Gasteiger partial charge in [0, 0.05) is 5.56 Å². The first-order valence-corrected chi connectivity index (χ1v) is 9.43. The molecule has 26 heavy (non-hydrogen) atoms. The molecule has 1 fully saturated rings. The molecular formula is C20H19NO3S2. The van der Waals surface area contributed by atoms with E-state index in [-0.39, 0.29) is 5.91 Å². The van der Waals surface area contributed by atoms with Gasteiger partial charge in [-0.3, -0.25) is 4.79 Å². The van der Waals surface area contributed by atoms with Gasteiger partial charge in [0.05, 0.1) is 4.91 Å². The molecule has 1 aliphatic rings. The van der Waals surface area contributed by atoms with Crippen LogP contribution < -0.4 is 14.8 Å². The lowest BCUT2D eigenvalue weighted by molar-refractivity contribution is -0.115. The number of para-hydroxylation sites is 2. The van der Waals surface area contributed by atoms with E-state index >= 15 is 0 Å². The highest BCUT2D eigenvalue weighted by atomic mass is 32.2. The molecule has 134 valence electrons. The van der Waals surface area contributed by atoms with E-state index in [1.54, 1.807) is 6.08 Å². The van der Waals surface area contributed by atoms with Gasteiger partial charge in [0.2, 0.25) is 0 Å². The van der Waals surface area contributed by atoms with Crippen molar-refractivity contribution < 1.29 is 14.3 Å². The number of nitrogens with one attached hydrogen (secondary N) is 1. The van der Waals surface area contributed by atoms with Crippen LogP contribution in [-0.4, -0.2) is 23.4 Å². The van der Waals surface area contributed by atoms with E-state index < -0.39 is 0 Å². The molecule has 2 aromatic carbocycles. The third-order valence-corrected chi connectivity index (χ3v) is 5.01. The molecule has 0 radical (unpaired) electrons. The van der Waals surface area contributed by atoms with Crippen molar-refractivity contribution in [2.75, 3.05) is 13.2 Å². The first-order valence-electron chi connectivity index (χ1n) is 8.20. The third kappa shape index (κ3) is 4.45. The molecule has 3 rings (SSSR count). The quantitative estimate of drug-likeness (QED) is 0.458. The lowest BCUT2D eigenvalue weighted by Crippen LogP contribution is -2.17. The fourth-order valence-corrected chi connectivity index (χ4v) is 3.65. The second-order valence-electron chi connectivity index (χ2n) is 5.81. The van der Waals surface area contributed by atoms with Crippen molar-refractivity contribution >= 4 is 40.3 Å². The number of thioether (sulfide) groups is 1. The van der Waals surface area contributed by atoms with Gasteiger partial charge in [0.15, 0.2) is 0 Å². The fraction of sp³-hybridized carbons (Fsp3) is 0.200. The zero-order valence-corrected chi connectivity index (χ0v) is 16.2. The highest BCUT2D eigenvalue weighted by Crippen LogP contribution is 2.29. The molecule has 1 heterocycles. The Bertz CT molecular complexity index is 857. The average molecular weight is 386 g/mol. The zero-order chi connectivity index (χ0) is 18.5. The van der Waals surface area contributed by atoms with Crippen LogP contribution in [0.15, 0.2) is 47.4 Å². The summed E-state index contributed by atoms with van der Waals surface area (Å²) in [6.45, 7) is 4.90. The number of hydrogen-bond acceptors (Lipinski definition) is 5. The summed E-state index contributed by atoms with van der Waals surface area (Å²) < 4.78 is 12.2. The lowest BCUT2D eigenvalue weighted by Gasteiger charge is -2.13. The van der Waals surface area contributed by atoms with Crippen LogP contribution in [0.2, 0.25) is 0 Å². The van der Waals surface area contributed by atoms with Gasteiger partial charge in [-0.05, 0) is 37.1 Å². The fourth-order valence-electron chi connectivity index (χ4n) is 2.62. The molecule has 1 saturated heterocycles. The standard InChI is InChI=1S/C20H19NO3S2/c1-13-6-5-7-14(2)18(13)24-11-10-23-16-9-4-3-8-15(16)12-17-19(22)21-20(25)26-17/h3-9,12H,10-11H2,1-2H3,(H,21,22,25)/b17-12+. The van der Waals surface area contributed by atoms with Crippen LogP contribution in [0.1, 0.15) is 16.7 Å². The summed E-state index contributed by atoms with van der Waals surface area (Å²) in [6.07, 6.45) is 1.79. The van der Waals surface area contributed by atoms with E-state index in [1.165, 1.54) is 11.8 Å². The zero-order valence-electron chi connectivity index (χ0n) is 14.6. The Hall–Kier alpha value is -2.31. The van der Waals surface area contributed by atoms with Gasteiger partial charge < -0.3 is 14.8 Å². The van der Waals surface area contributed by atoms with Crippen molar-refractivity contribution in [3.05, 3.63) is 64.1 Å². The van der Waals surface area contributed by atoms with Crippen LogP contribution in [0, 0.1) is 13.8 Å². The first-order chi connectivity index (χ1) is 12.5. The molecule has 0 atom stereocenters. The topological polar surface area (TPSA) is 47.6 Å². The highest BCUT2D eigenvalue weighted by Gasteiger charge is 2.22. The van der Waals surface area contributed by atoms with Gasteiger partial charge in [0.1, 0.15) is 29.0 Å². The monoisotopic (exact) mass is 385 g/mol. The molecule has 0 aliphatic carbocycles. The summed E-state index contributed by atoms with van der Waals surface area (Å²) in [7, 11) is 0. The molecule has 0 saturated carbocycles. The Balaban J connectivity index is 1.63. The maximum Gasteiger partial charge on any atom is 0.263 e. The van der Waals surface area contributed by atoms with Gasteiger partial charge in [-0.25, -0.2) is 0 Å². The molecular weight excluding hydrogens is 366 g/mol. The van der Waals surface area contributed by atoms with Crippen molar-refractivity contribution in [3.8, 4) is 11.5 Å². The Morgan fingerprint density at radius 1 is 1.04 bits per heavy atom. The van der Waals surface area contributed by atoms with Gasteiger partial charge in [-0.2, -0.15) is 0 Å². The number of rotatable bonds is 6. The van der Waals surface area contributed by atoms with E-state index in [1.807, 2.05) is 56.3 Å². The van der Waals surface area contributed by atoms with Crippen LogP contribution in [0.3, 0.4) is 0 Å². The molecule has 6 heteroatoms. The van der Waals surface area contributed by atoms with Gasteiger partial charge in [-0.1, -0.05) is 60.4 Å². The molecule has 4 nitrogen and oxygen atoms in total. The SMILES string of the molecule is Cc1cccc(C)c1OCCOc1ccccc1/C=C1/SC(=S)NC1=O. The summed E-state index contributed by atoms with van der Waals surface area (Å²) in [4.78, 5) is 12.4. The Morgan fingerprint density at radius 3 is 2.42 bits per heavy atom. The number of ether oxygens (including phenoxy) is 2. The average Bonchev–Trinajstić information content (AvgIpc) is 2.92. The first kappa shape index (κ1) is 18.5. The van der Waals surface area contributed by atoms with E-state index in [4.69, 9.17) is 21.7 Å². The van der Waals surface area contributed by atoms with E-state index in [9.17, 15) is 4.79 Å². The largest absolute Gasteiger partial charge is 0.489 e. The summed E-state index contributed by atoms with van der Waals surface area (Å²) in [5.41, 5.74) is 3.05. The Labute approximate surface area is 162 Å². The number of carbonyl (C=O) groups excluding carboxylic acids is 1. The molecule has 2 aromatic rings. The highest BCUT2D eigenvalue weighted by molar-refractivity contribution is 8.26. The van der Waals surface area contributed by atoms with E-state index in [0.29, 0.717) is 28.2 Å². The van der Waals surface area contributed by atoms with E-state index in [2.05, 4.69) is 5.32 Å². The van der Waals surface area contributed by atoms with Gasteiger partial charge in [-0.15, -0.1) is 0 Å². The minimum absolute atomic E-state index is 0.173. The number of hydrogen-bond donors (Lipinski definition) is 1. The maximum atomic E-state index is 11.8. The van der Waals surface area contributed by atoms with Crippen molar-refractivity contribution in [3.63, 3.8) is 0 Å². The summed E-state index contributed by atoms with van der Waals surface area (Å²) in [6, 6.07) is 13.7. The maximum absolute atomic E-state index is 11.8. The molecule has 0 bridgehead atoms. The van der Waals surface area contributed by atoms with Gasteiger partial charge in [0.25, 0.3) is 5.91 Å². The van der Waals surface area contributed by atoms with Crippen LogP contribution in [0.25, 0.3) is 6.08 Å². The smallest absolute Gasteiger partial charge is 0.263 e. The predicted molar refractivity (Wildman–Crippen MR) is 110 cm³/mol. The van der Waals surface area contributed by atoms with Crippen molar-refractivity contribution in [1.29, 1.82) is 0 Å². The Morgan fingerprint density at radius 2 is 1.73 bits per heavy atom. The predicted octanol–water partition coefficient (Wildman–Crippen LogP) is 4.25. The minimum atomic E-state index is -0.173. The van der Waals surface area contributed by atoms with Crippen LogP contribution in [0.5, 0.6) is 11.5 Å². The summed E-state index contributed by atoms with van der Waals surface area (Å²) in [5, 5.41) is 2.61. The molecule has 1 amide bonds. The van der Waals surface area contributed by atoms with Crippen LogP contribution in [0.4, 0.5) is 0 Å². The van der Waals surface area contributed by atoms with Crippen molar-refractivity contribution in [2.24, 2.45) is 0 Å². The number of aryl methyl sites for hydroxylation is 2. The molecule has 0 aromatic heterocycles. The second kappa shape index (κ2) is 8.38. The summed E-state index contributed by atoms with van der Waals surface area (Å²) >= 11 is 6.28. The number of benzene rings is 2. The molecule has 1 aliphatic heterocycles. The molecule has 1 N–H and O–H groups in total. The van der Waals surface area contributed by atoms with Crippen molar-refractivity contribution in [1.82, 2.24) is 5.32 Å².